The topological polar surface area (TPSA) is 35.5 Å². The minimum Gasteiger partial charge on any atom is -0.350 e. The lowest BCUT2D eigenvalue weighted by Crippen LogP contribution is -2.45. The summed E-state index contributed by atoms with van der Waals surface area (Å²) < 4.78 is 11.8. The van der Waals surface area contributed by atoms with E-state index < -0.39 is 5.79 Å². The Balaban J connectivity index is 1.66. The molecule has 1 aliphatic heterocycles. The van der Waals surface area contributed by atoms with Gasteiger partial charge in [0.25, 0.3) is 0 Å². The summed E-state index contributed by atoms with van der Waals surface area (Å²) in [5, 5.41) is 0. The smallest absolute Gasteiger partial charge is 0.164 e. The van der Waals surface area contributed by atoms with E-state index in [1.54, 1.807) is 0 Å². The summed E-state index contributed by atoms with van der Waals surface area (Å²) >= 11 is 0. The van der Waals surface area contributed by atoms with Crippen LogP contribution in [0.3, 0.4) is 0 Å². The maximum atomic E-state index is 12.4. The van der Waals surface area contributed by atoms with E-state index in [0.717, 1.165) is 37.2 Å². The third kappa shape index (κ3) is 2.24. The number of carbonyl (C=O) groups excluding carboxylic acids is 1. The molecule has 1 unspecified atom stereocenters. The highest BCUT2D eigenvalue weighted by molar-refractivity contribution is 6.24. The highest BCUT2D eigenvalue weighted by atomic mass is 16.7. The van der Waals surface area contributed by atoms with E-state index in [-0.39, 0.29) is 5.41 Å². The molecule has 1 spiro atoms. The number of ether oxygens (including phenoxy) is 2. The van der Waals surface area contributed by atoms with Crippen LogP contribution in [0.1, 0.15) is 38.7 Å². The van der Waals surface area contributed by atoms with Gasteiger partial charge in [-0.1, -0.05) is 35.9 Å². The van der Waals surface area contributed by atoms with Crippen LogP contribution in [0.4, 0.5) is 0 Å². The molecule has 1 atom stereocenters. The van der Waals surface area contributed by atoms with Crippen LogP contribution in [0.2, 0.25) is 0 Å². The van der Waals surface area contributed by atoms with Crippen molar-refractivity contribution in [2.45, 2.75) is 38.9 Å². The van der Waals surface area contributed by atoms with Gasteiger partial charge in [-0.25, -0.2) is 0 Å². The molecule has 4 rings (SSSR count). The van der Waals surface area contributed by atoms with Crippen molar-refractivity contribution in [1.29, 1.82) is 0 Å². The monoisotopic (exact) mass is 298 g/mol. The van der Waals surface area contributed by atoms with E-state index in [2.05, 4.69) is 0 Å². The number of fused-ring (bicyclic) bond motifs is 1. The lowest BCUT2D eigenvalue weighted by molar-refractivity contribution is -0.284. The van der Waals surface area contributed by atoms with Crippen molar-refractivity contribution in [2.24, 2.45) is 11.3 Å². The molecule has 0 N–H and O–H groups in total. The van der Waals surface area contributed by atoms with Gasteiger partial charge in [0.1, 0.15) is 0 Å². The number of carbonyl (C=O) groups is 1. The normalized spacial score (nSPS) is 29.2. The molecule has 3 heteroatoms. The minimum absolute atomic E-state index is 0.0657. The number of ketones is 1. The molecule has 0 amide bonds. The number of benzene rings is 1. The third-order valence-corrected chi connectivity index (χ3v) is 5.28. The number of allylic oxidation sites excluding steroid dienone is 2. The molecule has 0 aromatic heterocycles. The second kappa shape index (κ2) is 4.77. The molecule has 1 saturated heterocycles. The van der Waals surface area contributed by atoms with Gasteiger partial charge < -0.3 is 9.47 Å². The van der Waals surface area contributed by atoms with E-state index in [0.29, 0.717) is 18.1 Å². The molecule has 2 fully saturated rings. The molecule has 3 nitrogen and oxygen atoms in total. The van der Waals surface area contributed by atoms with Crippen molar-refractivity contribution in [3.63, 3.8) is 0 Å². The maximum absolute atomic E-state index is 12.4. The van der Waals surface area contributed by atoms with E-state index >= 15 is 0 Å². The van der Waals surface area contributed by atoms with Gasteiger partial charge in [0, 0.05) is 17.4 Å². The van der Waals surface area contributed by atoms with Crippen molar-refractivity contribution in [1.82, 2.24) is 0 Å². The third-order valence-electron chi connectivity index (χ3n) is 5.28. The number of hydrogen-bond donors (Lipinski definition) is 0. The number of hydrogen-bond acceptors (Lipinski definition) is 3. The van der Waals surface area contributed by atoms with E-state index in [9.17, 15) is 4.79 Å². The lowest BCUT2D eigenvalue weighted by atomic mass is 9.84. The first-order valence-electron chi connectivity index (χ1n) is 8.08. The zero-order valence-electron chi connectivity index (χ0n) is 13.2. The molecule has 1 aromatic carbocycles. The van der Waals surface area contributed by atoms with Gasteiger partial charge in [-0.3, -0.25) is 4.79 Å². The SMILES string of the molecule is CC1(C)OCC2(CO1)CC1=C(c3ccccc3)C(=O)CC1C2. The standard InChI is InChI=1S/C19H22O3/c1-18(2)21-11-19(12-22-18)9-14-8-16(20)17(15(14)10-19)13-6-4-3-5-7-13/h3-7,14H,8-12H2,1-2H3. The molecule has 1 saturated carbocycles. The summed E-state index contributed by atoms with van der Waals surface area (Å²) in [5.74, 6) is 0.213. The second-order valence-electron chi connectivity index (χ2n) is 7.45. The molecule has 0 bridgehead atoms. The molecule has 116 valence electrons. The number of rotatable bonds is 1. The van der Waals surface area contributed by atoms with Gasteiger partial charge in [-0.05, 0) is 38.2 Å². The van der Waals surface area contributed by atoms with E-state index in [1.807, 2.05) is 44.2 Å². The van der Waals surface area contributed by atoms with Gasteiger partial charge >= 0.3 is 0 Å². The van der Waals surface area contributed by atoms with Crippen LogP contribution >= 0.6 is 0 Å². The second-order valence-corrected chi connectivity index (χ2v) is 7.45. The summed E-state index contributed by atoms with van der Waals surface area (Å²) in [7, 11) is 0. The molecule has 1 heterocycles. The minimum atomic E-state index is -0.477. The predicted octanol–water partition coefficient (Wildman–Crippen LogP) is 3.59. The molecular weight excluding hydrogens is 276 g/mol. The van der Waals surface area contributed by atoms with Crippen LogP contribution in [-0.4, -0.2) is 24.8 Å². The lowest BCUT2D eigenvalue weighted by Gasteiger charge is -2.41. The Morgan fingerprint density at radius 1 is 1.09 bits per heavy atom. The van der Waals surface area contributed by atoms with Gasteiger partial charge in [-0.15, -0.1) is 0 Å². The average molecular weight is 298 g/mol. The molecular formula is C19H22O3. The molecule has 3 aliphatic rings. The molecule has 2 aliphatic carbocycles. The first-order chi connectivity index (χ1) is 10.5. The summed E-state index contributed by atoms with van der Waals surface area (Å²) in [6.45, 7) is 5.40. The first-order valence-corrected chi connectivity index (χ1v) is 8.08. The van der Waals surface area contributed by atoms with E-state index in [4.69, 9.17) is 9.47 Å². The van der Waals surface area contributed by atoms with E-state index in [1.165, 1.54) is 5.57 Å². The Labute approximate surface area is 131 Å². The van der Waals surface area contributed by atoms with Gasteiger partial charge in [0.2, 0.25) is 0 Å². The molecule has 1 aromatic rings. The van der Waals surface area contributed by atoms with Crippen LogP contribution in [0.5, 0.6) is 0 Å². The fourth-order valence-corrected chi connectivity index (χ4v) is 4.17. The summed E-state index contributed by atoms with van der Waals surface area (Å²) in [6, 6.07) is 10.1. The summed E-state index contributed by atoms with van der Waals surface area (Å²) in [4.78, 5) is 12.4. The summed E-state index contributed by atoms with van der Waals surface area (Å²) in [5.41, 5.74) is 3.44. The zero-order valence-corrected chi connectivity index (χ0v) is 13.2. The van der Waals surface area contributed by atoms with Crippen LogP contribution in [0.15, 0.2) is 35.9 Å². The van der Waals surface area contributed by atoms with Crippen LogP contribution in [-0.2, 0) is 14.3 Å². The number of Topliss-reactive ketones (excluding diaryl/α,β-unsaturated/α-hetero) is 1. The Morgan fingerprint density at radius 3 is 2.45 bits per heavy atom. The Morgan fingerprint density at radius 2 is 1.77 bits per heavy atom. The largest absolute Gasteiger partial charge is 0.350 e. The van der Waals surface area contributed by atoms with Crippen molar-refractivity contribution in [3.05, 3.63) is 41.5 Å². The summed E-state index contributed by atoms with van der Waals surface area (Å²) in [6.07, 6.45) is 2.61. The van der Waals surface area contributed by atoms with Crippen LogP contribution in [0, 0.1) is 11.3 Å². The maximum Gasteiger partial charge on any atom is 0.164 e. The Hall–Kier alpha value is -1.45. The average Bonchev–Trinajstić information content (AvgIpc) is 2.97. The van der Waals surface area contributed by atoms with Crippen LogP contribution < -0.4 is 0 Å². The van der Waals surface area contributed by atoms with Crippen molar-refractivity contribution < 1.29 is 14.3 Å². The Bertz CT molecular complexity index is 632. The van der Waals surface area contributed by atoms with Gasteiger partial charge in [0.05, 0.1) is 13.2 Å². The first kappa shape index (κ1) is 14.2. The molecule has 0 radical (unpaired) electrons. The van der Waals surface area contributed by atoms with Crippen molar-refractivity contribution in [3.8, 4) is 0 Å². The fourth-order valence-electron chi connectivity index (χ4n) is 4.17. The zero-order chi connectivity index (χ0) is 15.4. The molecule has 22 heavy (non-hydrogen) atoms. The fraction of sp³-hybridized carbons (Fsp3) is 0.526. The van der Waals surface area contributed by atoms with Crippen molar-refractivity contribution >= 4 is 11.4 Å². The highest BCUT2D eigenvalue weighted by Gasteiger charge is 2.51. The Kier molecular flexibility index (Phi) is 3.07. The van der Waals surface area contributed by atoms with Crippen LogP contribution in [0.25, 0.3) is 5.57 Å². The quantitative estimate of drug-likeness (QED) is 0.795. The predicted molar refractivity (Wildman–Crippen MR) is 84.1 cm³/mol. The van der Waals surface area contributed by atoms with Gasteiger partial charge in [-0.2, -0.15) is 0 Å². The van der Waals surface area contributed by atoms with Crippen molar-refractivity contribution in [2.75, 3.05) is 13.2 Å². The highest BCUT2D eigenvalue weighted by Crippen LogP contribution is 2.55. The van der Waals surface area contributed by atoms with Gasteiger partial charge in [0.15, 0.2) is 11.6 Å².